The minimum Gasteiger partial charge on any atom is -0.377 e. The van der Waals surface area contributed by atoms with Crippen molar-refractivity contribution in [2.75, 3.05) is 26.4 Å². The molecule has 1 saturated heterocycles. The predicted molar refractivity (Wildman–Crippen MR) is 37.8 cm³/mol. The number of halogens is 1. The summed E-state index contributed by atoms with van der Waals surface area (Å²) in [4.78, 5) is 0. The third kappa shape index (κ3) is 2.62. The Labute approximate surface area is 60.8 Å². The zero-order chi connectivity index (χ0) is 7.23. The van der Waals surface area contributed by atoms with E-state index < -0.39 is 0 Å². The molecule has 0 aromatic carbocycles. The van der Waals surface area contributed by atoms with Crippen LogP contribution >= 0.6 is 0 Å². The Morgan fingerprint density at radius 3 is 3.10 bits per heavy atom. The summed E-state index contributed by atoms with van der Waals surface area (Å²) >= 11 is 0. The van der Waals surface area contributed by atoms with Crippen LogP contribution in [0.3, 0.4) is 0 Å². The first kappa shape index (κ1) is 7.95. The minimum atomic E-state index is -0.368. The Morgan fingerprint density at radius 1 is 1.60 bits per heavy atom. The van der Waals surface area contributed by atoms with Gasteiger partial charge in [0.25, 0.3) is 0 Å². The van der Waals surface area contributed by atoms with Crippen molar-refractivity contribution in [2.45, 2.75) is 18.9 Å². The molecule has 0 amide bonds. The molecule has 1 N–H and O–H groups in total. The first-order valence-corrected chi connectivity index (χ1v) is 3.80. The molecule has 1 atom stereocenters. The zero-order valence-corrected chi connectivity index (χ0v) is 6.11. The van der Waals surface area contributed by atoms with Gasteiger partial charge in [-0.2, -0.15) is 0 Å². The van der Waals surface area contributed by atoms with Gasteiger partial charge >= 0.3 is 0 Å². The molecule has 60 valence electrons. The van der Waals surface area contributed by atoms with Gasteiger partial charge in [-0.1, -0.05) is 0 Å². The number of alkyl halides is 1. The van der Waals surface area contributed by atoms with E-state index in [0.29, 0.717) is 12.6 Å². The Kier molecular flexibility index (Phi) is 3.68. The zero-order valence-electron chi connectivity index (χ0n) is 6.11. The second-order valence-corrected chi connectivity index (χ2v) is 2.56. The van der Waals surface area contributed by atoms with Crippen molar-refractivity contribution in [3.8, 4) is 0 Å². The molecule has 3 heteroatoms. The standard InChI is InChI=1S/C7H14FNO/c8-3-5-10-6-7-2-1-4-9-7/h7,9H,1-6H2. The van der Waals surface area contributed by atoms with Gasteiger partial charge < -0.3 is 10.1 Å². The first-order valence-electron chi connectivity index (χ1n) is 3.80. The van der Waals surface area contributed by atoms with Crippen LogP contribution in [0.1, 0.15) is 12.8 Å². The lowest BCUT2D eigenvalue weighted by atomic mass is 10.2. The van der Waals surface area contributed by atoms with Crippen molar-refractivity contribution in [1.29, 1.82) is 0 Å². The fourth-order valence-electron chi connectivity index (χ4n) is 1.18. The fourth-order valence-corrected chi connectivity index (χ4v) is 1.18. The molecule has 1 rings (SSSR count). The van der Waals surface area contributed by atoms with Crippen molar-refractivity contribution in [1.82, 2.24) is 5.32 Å². The quantitative estimate of drug-likeness (QED) is 0.592. The maximum absolute atomic E-state index is 11.5. The lowest BCUT2D eigenvalue weighted by molar-refractivity contribution is 0.103. The van der Waals surface area contributed by atoms with Crippen LogP contribution in [0.2, 0.25) is 0 Å². The van der Waals surface area contributed by atoms with E-state index in [4.69, 9.17) is 4.74 Å². The highest BCUT2D eigenvalue weighted by Crippen LogP contribution is 2.04. The molecule has 1 fully saturated rings. The topological polar surface area (TPSA) is 21.3 Å². The van der Waals surface area contributed by atoms with Crippen LogP contribution in [0, 0.1) is 0 Å². The molecule has 2 nitrogen and oxygen atoms in total. The fraction of sp³-hybridized carbons (Fsp3) is 1.00. The number of ether oxygens (including phenoxy) is 1. The van der Waals surface area contributed by atoms with Gasteiger partial charge in [-0.25, -0.2) is 4.39 Å². The summed E-state index contributed by atoms with van der Waals surface area (Å²) in [6.07, 6.45) is 2.40. The summed E-state index contributed by atoms with van der Waals surface area (Å²) in [6.45, 7) is 1.64. The molecule has 0 spiro atoms. The Bertz CT molecular complexity index is 83.7. The van der Waals surface area contributed by atoms with E-state index in [1.54, 1.807) is 0 Å². The Morgan fingerprint density at radius 2 is 2.50 bits per heavy atom. The van der Waals surface area contributed by atoms with Gasteiger partial charge in [0.15, 0.2) is 0 Å². The molecular formula is C7H14FNO. The summed E-state index contributed by atoms with van der Waals surface area (Å²) in [5.41, 5.74) is 0. The van der Waals surface area contributed by atoms with Crippen molar-refractivity contribution in [2.24, 2.45) is 0 Å². The third-order valence-electron chi connectivity index (χ3n) is 1.70. The van der Waals surface area contributed by atoms with Gasteiger partial charge in [0.2, 0.25) is 0 Å². The van der Waals surface area contributed by atoms with Gasteiger partial charge in [0.1, 0.15) is 6.67 Å². The molecule has 1 heterocycles. The van der Waals surface area contributed by atoms with Gasteiger partial charge in [0, 0.05) is 6.04 Å². The predicted octanol–water partition coefficient (Wildman–Crippen LogP) is 0.725. The lowest BCUT2D eigenvalue weighted by Gasteiger charge is -2.08. The summed E-state index contributed by atoms with van der Waals surface area (Å²) in [5.74, 6) is 0. The summed E-state index contributed by atoms with van der Waals surface area (Å²) in [7, 11) is 0. The van der Waals surface area contributed by atoms with Gasteiger partial charge in [0.05, 0.1) is 13.2 Å². The highest BCUT2D eigenvalue weighted by Gasteiger charge is 2.12. The number of nitrogens with one attached hydrogen (secondary N) is 1. The molecule has 0 radical (unpaired) electrons. The largest absolute Gasteiger partial charge is 0.377 e. The van der Waals surface area contributed by atoms with Crippen LogP contribution in [0.5, 0.6) is 0 Å². The molecule has 1 aliphatic heterocycles. The third-order valence-corrected chi connectivity index (χ3v) is 1.70. The molecule has 0 aromatic heterocycles. The molecule has 0 bridgehead atoms. The van der Waals surface area contributed by atoms with E-state index in [1.807, 2.05) is 0 Å². The second-order valence-electron chi connectivity index (χ2n) is 2.56. The maximum atomic E-state index is 11.5. The van der Waals surface area contributed by atoms with Crippen LogP contribution < -0.4 is 5.32 Å². The van der Waals surface area contributed by atoms with Crippen LogP contribution in [0.4, 0.5) is 4.39 Å². The van der Waals surface area contributed by atoms with Crippen molar-refractivity contribution < 1.29 is 9.13 Å². The molecule has 1 unspecified atom stereocenters. The smallest absolute Gasteiger partial charge is 0.113 e. The highest BCUT2D eigenvalue weighted by molar-refractivity contribution is 4.72. The monoisotopic (exact) mass is 147 g/mol. The Balaban J connectivity index is 1.91. The molecule has 0 aromatic rings. The lowest BCUT2D eigenvalue weighted by Crippen LogP contribution is -2.27. The average Bonchev–Trinajstić information content (AvgIpc) is 2.41. The normalized spacial score (nSPS) is 25.5. The van der Waals surface area contributed by atoms with Crippen LogP contribution in [0.15, 0.2) is 0 Å². The van der Waals surface area contributed by atoms with E-state index in [1.165, 1.54) is 12.8 Å². The van der Waals surface area contributed by atoms with E-state index in [9.17, 15) is 4.39 Å². The molecule has 1 aliphatic rings. The molecule has 0 aliphatic carbocycles. The van der Waals surface area contributed by atoms with E-state index in [0.717, 1.165) is 6.54 Å². The van der Waals surface area contributed by atoms with E-state index >= 15 is 0 Å². The maximum Gasteiger partial charge on any atom is 0.113 e. The van der Waals surface area contributed by atoms with E-state index in [2.05, 4.69) is 5.32 Å². The van der Waals surface area contributed by atoms with Crippen LogP contribution in [0.25, 0.3) is 0 Å². The number of hydrogen-bond acceptors (Lipinski definition) is 2. The SMILES string of the molecule is FCCOCC1CCCN1. The van der Waals surface area contributed by atoms with Crippen molar-refractivity contribution in [3.63, 3.8) is 0 Å². The van der Waals surface area contributed by atoms with Crippen molar-refractivity contribution >= 4 is 0 Å². The van der Waals surface area contributed by atoms with Gasteiger partial charge in [-0.15, -0.1) is 0 Å². The summed E-state index contributed by atoms with van der Waals surface area (Å²) < 4.78 is 16.6. The van der Waals surface area contributed by atoms with Gasteiger partial charge in [-0.05, 0) is 19.4 Å². The molecular weight excluding hydrogens is 133 g/mol. The number of rotatable bonds is 4. The van der Waals surface area contributed by atoms with Gasteiger partial charge in [-0.3, -0.25) is 0 Å². The second kappa shape index (κ2) is 4.63. The minimum absolute atomic E-state index is 0.248. The Hall–Kier alpha value is -0.150. The number of hydrogen-bond donors (Lipinski definition) is 1. The first-order chi connectivity index (χ1) is 4.93. The summed E-state index contributed by atoms with van der Waals surface area (Å²) in [5, 5.41) is 3.27. The van der Waals surface area contributed by atoms with Crippen LogP contribution in [-0.2, 0) is 4.74 Å². The molecule has 0 saturated carbocycles. The van der Waals surface area contributed by atoms with Crippen molar-refractivity contribution in [3.05, 3.63) is 0 Å². The summed E-state index contributed by atoms with van der Waals surface area (Å²) in [6, 6.07) is 0.478. The molecule has 10 heavy (non-hydrogen) atoms. The van der Waals surface area contributed by atoms with E-state index in [-0.39, 0.29) is 13.3 Å². The van der Waals surface area contributed by atoms with Crippen LogP contribution in [-0.4, -0.2) is 32.5 Å². The highest BCUT2D eigenvalue weighted by atomic mass is 19.1. The average molecular weight is 147 g/mol.